The number of carbonyl (C=O) groups excluding carboxylic acids is 2. The Labute approximate surface area is 204 Å². The molecule has 2 aromatic rings. The Kier molecular flexibility index (Phi) is 6.91. The number of carbonyl (C=O) groups is 2. The molecule has 10 nitrogen and oxygen atoms in total. The first-order valence-corrected chi connectivity index (χ1v) is 12.7. The minimum absolute atomic E-state index is 0.0466. The zero-order chi connectivity index (χ0) is 25.3. The van der Waals surface area contributed by atoms with E-state index in [-0.39, 0.29) is 23.3 Å². The predicted octanol–water partition coefficient (Wildman–Crippen LogP) is 2.77. The largest absolute Gasteiger partial charge is 0.497 e. The Morgan fingerprint density at radius 1 is 1.20 bits per heavy atom. The van der Waals surface area contributed by atoms with Gasteiger partial charge in [0.25, 0.3) is 5.91 Å². The number of hydrogen-bond acceptors (Lipinski definition) is 7. The molecule has 0 unspecified atom stereocenters. The monoisotopic (exact) mass is 503 g/mol. The molecule has 2 amide bonds. The molecular formula is C24H29N3O7S. The first-order chi connectivity index (χ1) is 16.6. The minimum Gasteiger partial charge on any atom is -0.497 e. The zero-order valence-electron chi connectivity index (χ0n) is 20.1. The second-order valence-electron chi connectivity index (χ2n) is 8.62. The summed E-state index contributed by atoms with van der Waals surface area (Å²) in [6.45, 7) is 3.61. The van der Waals surface area contributed by atoms with Gasteiger partial charge in [-0.3, -0.25) is 9.59 Å². The number of sulfonamides is 1. The molecule has 2 aromatic carbocycles. The van der Waals surface area contributed by atoms with Crippen molar-refractivity contribution in [1.29, 1.82) is 0 Å². The molecule has 1 fully saturated rings. The molecule has 2 atom stereocenters. The number of ether oxygens (including phenoxy) is 3. The van der Waals surface area contributed by atoms with Crippen molar-refractivity contribution in [3.05, 3.63) is 35.9 Å². The fourth-order valence-corrected chi connectivity index (χ4v) is 6.03. The Morgan fingerprint density at radius 3 is 2.69 bits per heavy atom. The molecule has 0 bridgehead atoms. The van der Waals surface area contributed by atoms with Gasteiger partial charge in [-0.05, 0) is 50.5 Å². The van der Waals surface area contributed by atoms with Crippen molar-refractivity contribution in [2.45, 2.75) is 37.7 Å². The number of nitrogens with one attached hydrogen (secondary N) is 2. The van der Waals surface area contributed by atoms with Gasteiger partial charge in [-0.15, -0.1) is 0 Å². The number of piperidine rings is 1. The van der Waals surface area contributed by atoms with E-state index >= 15 is 0 Å². The van der Waals surface area contributed by atoms with Crippen molar-refractivity contribution in [3.8, 4) is 17.2 Å². The van der Waals surface area contributed by atoms with Crippen LogP contribution in [-0.2, 0) is 19.6 Å². The van der Waals surface area contributed by atoms with E-state index in [4.69, 9.17) is 14.2 Å². The van der Waals surface area contributed by atoms with Crippen molar-refractivity contribution in [1.82, 2.24) is 4.31 Å². The molecule has 2 N–H and O–H groups in total. The summed E-state index contributed by atoms with van der Waals surface area (Å²) in [5.41, 5.74) is 1.37. The molecule has 1 saturated heterocycles. The Hall–Kier alpha value is -3.31. The van der Waals surface area contributed by atoms with E-state index in [1.165, 1.54) is 24.6 Å². The lowest BCUT2D eigenvalue weighted by Gasteiger charge is -2.32. The van der Waals surface area contributed by atoms with Crippen molar-refractivity contribution in [2.24, 2.45) is 5.92 Å². The average molecular weight is 504 g/mol. The third-order valence-corrected chi connectivity index (χ3v) is 8.25. The van der Waals surface area contributed by atoms with Crippen LogP contribution in [0.4, 0.5) is 11.4 Å². The highest BCUT2D eigenvalue weighted by Crippen LogP contribution is 2.36. The number of aryl methyl sites for hydroxylation is 1. The quantitative estimate of drug-likeness (QED) is 0.621. The van der Waals surface area contributed by atoms with Gasteiger partial charge in [-0.1, -0.05) is 0 Å². The summed E-state index contributed by atoms with van der Waals surface area (Å²) in [6.07, 6.45) is 0.373. The molecular weight excluding hydrogens is 474 g/mol. The summed E-state index contributed by atoms with van der Waals surface area (Å²) in [4.78, 5) is 25.1. The van der Waals surface area contributed by atoms with Crippen LogP contribution in [0.1, 0.15) is 25.3 Å². The van der Waals surface area contributed by atoms with Crippen LogP contribution in [-0.4, -0.2) is 58.0 Å². The molecule has 0 aliphatic carbocycles. The molecule has 0 aromatic heterocycles. The third-order valence-electron chi connectivity index (χ3n) is 6.25. The molecule has 188 valence electrons. The fourth-order valence-electron chi connectivity index (χ4n) is 4.28. The van der Waals surface area contributed by atoms with Crippen LogP contribution in [0.25, 0.3) is 0 Å². The number of rotatable bonds is 6. The van der Waals surface area contributed by atoms with E-state index in [1.807, 2.05) is 0 Å². The van der Waals surface area contributed by atoms with Crippen molar-refractivity contribution < 1.29 is 32.2 Å². The van der Waals surface area contributed by atoms with Crippen LogP contribution in [0.5, 0.6) is 17.2 Å². The molecule has 0 saturated carbocycles. The van der Waals surface area contributed by atoms with Crippen molar-refractivity contribution in [3.63, 3.8) is 0 Å². The van der Waals surface area contributed by atoms with Gasteiger partial charge in [0.15, 0.2) is 6.10 Å². The third kappa shape index (κ3) is 4.92. The highest BCUT2D eigenvalue weighted by Gasteiger charge is 2.35. The highest BCUT2D eigenvalue weighted by atomic mass is 32.2. The second-order valence-corrected chi connectivity index (χ2v) is 10.5. The van der Waals surface area contributed by atoms with E-state index in [1.54, 1.807) is 38.1 Å². The van der Waals surface area contributed by atoms with Crippen LogP contribution in [0, 0.1) is 12.8 Å². The van der Waals surface area contributed by atoms with Crippen LogP contribution in [0.3, 0.4) is 0 Å². The van der Waals surface area contributed by atoms with Gasteiger partial charge in [-0.2, -0.15) is 4.31 Å². The highest BCUT2D eigenvalue weighted by molar-refractivity contribution is 7.89. The van der Waals surface area contributed by atoms with Crippen LogP contribution < -0.4 is 24.8 Å². The Balaban J connectivity index is 1.55. The molecule has 11 heteroatoms. The van der Waals surface area contributed by atoms with Gasteiger partial charge >= 0.3 is 0 Å². The first-order valence-electron chi connectivity index (χ1n) is 11.3. The smallest absolute Gasteiger partial charge is 0.265 e. The molecule has 35 heavy (non-hydrogen) atoms. The number of anilines is 2. The summed E-state index contributed by atoms with van der Waals surface area (Å²) >= 11 is 0. The molecule has 0 spiro atoms. The Bertz CT molecular complexity index is 1260. The van der Waals surface area contributed by atoms with Gasteiger partial charge in [0, 0.05) is 25.2 Å². The van der Waals surface area contributed by atoms with Gasteiger partial charge in [0.05, 0.1) is 36.4 Å². The number of methoxy groups -OCH3 is 2. The number of nitrogens with zero attached hydrogens (tertiary/aromatic N) is 1. The number of amides is 2. The maximum atomic E-state index is 13.6. The van der Waals surface area contributed by atoms with Gasteiger partial charge in [-0.25, -0.2) is 8.42 Å². The molecule has 2 aliphatic rings. The maximum Gasteiger partial charge on any atom is 0.265 e. The summed E-state index contributed by atoms with van der Waals surface area (Å²) in [6, 6.07) is 8.11. The van der Waals surface area contributed by atoms with Crippen molar-refractivity contribution >= 4 is 33.2 Å². The van der Waals surface area contributed by atoms with Crippen molar-refractivity contribution in [2.75, 3.05) is 37.9 Å². The number of fused-ring (bicyclic) bond motifs is 1. The molecule has 2 aliphatic heterocycles. The lowest BCUT2D eigenvalue weighted by atomic mass is 9.98. The van der Waals surface area contributed by atoms with Gasteiger partial charge in [0.1, 0.15) is 17.2 Å². The lowest BCUT2D eigenvalue weighted by molar-refractivity contribution is -0.123. The first kappa shape index (κ1) is 24.8. The van der Waals surface area contributed by atoms with E-state index in [0.29, 0.717) is 53.6 Å². The van der Waals surface area contributed by atoms with E-state index in [2.05, 4.69) is 10.6 Å². The van der Waals surface area contributed by atoms with Gasteiger partial charge in [0.2, 0.25) is 15.9 Å². The van der Waals surface area contributed by atoms with Crippen LogP contribution in [0.15, 0.2) is 35.2 Å². The molecule has 0 radical (unpaired) electrons. The lowest BCUT2D eigenvalue weighted by Crippen LogP contribution is -2.44. The topological polar surface area (TPSA) is 123 Å². The van der Waals surface area contributed by atoms with Crippen LogP contribution in [0.2, 0.25) is 0 Å². The predicted molar refractivity (Wildman–Crippen MR) is 130 cm³/mol. The standard InChI is InChI=1S/C24H29N3O7S/c1-14-10-18-21(34-15(2)23(28)25-18)12-22(14)35(30,31)27-9-5-6-16(13-27)24(29)26-19-11-17(32-3)7-8-20(19)33-4/h7-8,10-12,15-16H,5-6,9,13H2,1-4H3,(H,25,28)(H,26,29)/t15-,16+/m0/s1. The summed E-state index contributed by atoms with van der Waals surface area (Å²) in [5.74, 6) is 0.221. The normalized spacial score (nSPS) is 20.3. The van der Waals surface area contributed by atoms with E-state index in [0.717, 1.165) is 0 Å². The second kappa shape index (κ2) is 9.74. The molecule has 2 heterocycles. The molecule has 4 rings (SSSR count). The van der Waals surface area contributed by atoms with Gasteiger partial charge < -0.3 is 24.8 Å². The number of hydrogen-bond donors (Lipinski definition) is 2. The minimum atomic E-state index is -3.90. The fraction of sp³-hybridized carbons (Fsp3) is 0.417. The summed E-state index contributed by atoms with van der Waals surface area (Å²) in [5, 5.41) is 5.58. The maximum absolute atomic E-state index is 13.6. The Morgan fingerprint density at radius 2 is 1.97 bits per heavy atom. The summed E-state index contributed by atoms with van der Waals surface area (Å²) < 4.78 is 44.6. The average Bonchev–Trinajstić information content (AvgIpc) is 2.84. The van der Waals surface area contributed by atoms with Crippen LogP contribution >= 0.6 is 0 Å². The zero-order valence-corrected chi connectivity index (χ0v) is 20.9. The SMILES string of the molecule is COc1ccc(OC)c(NC(=O)[C@@H]2CCCN(S(=O)(=O)c3cc4c(cc3C)NC(=O)[C@H](C)O4)C2)c1. The summed E-state index contributed by atoms with van der Waals surface area (Å²) in [7, 11) is -0.873. The number of benzene rings is 2. The van der Waals surface area contributed by atoms with E-state index in [9.17, 15) is 18.0 Å². The van der Waals surface area contributed by atoms with E-state index < -0.39 is 22.0 Å².